The van der Waals surface area contributed by atoms with Crippen molar-refractivity contribution in [2.24, 2.45) is 11.5 Å². The number of amides is 4. The zero-order chi connectivity index (χ0) is 30.0. The van der Waals surface area contributed by atoms with Gasteiger partial charge in [0.15, 0.2) is 0 Å². The third-order valence-corrected chi connectivity index (χ3v) is 5.86. The quantitative estimate of drug-likeness (QED) is 0.123. The van der Waals surface area contributed by atoms with Crippen LogP contribution >= 0.6 is 0 Å². The number of rotatable bonds is 14. The van der Waals surface area contributed by atoms with Crippen LogP contribution in [0.2, 0.25) is 0 Å². The topological polar surface area (TPSA) is 254 Å². The van der Waals surface area contributed by atoms with Crippen molar-refractivity contribution in [3.63, 3.8) is 0 Å². The van der Waals surface area contributed by atoms with Gasteiger partial charge in [-0.2, -0.15) is 0 Å². The maximum atomic E-state index is 13.4. The van der Waals surface area contributed by atoms with E-state index in [4.69, 9.17) is 11.5 Å². The smallest absolute Gasteiger partial charge is 0.326 e. The Hall–Kier alpha value is -4.69. The molecule has 0 aliphatic rings. The number of aliphatic hydroxyl groups is 1. The molecular formula is C26H33N5O9. The van der Waals surface area contributed by atoms with Crippen LogP contribution in [0.3, 0.4) is 0 Å². The summed E-state index contributed by atoms with van der Waals surface area (Å²) in [5, 5.41) is 45.3. The molecule has 0 aliphatic heterocycles. The van der Waals surface area contributed by atoms with Crippen LogP contribution < -0.4 is 27.4 Å². The lowest BCUT2D eigenvalue weighted by Crippen LogP contribution is -2.59. The molecule has 0 radical (unpaired) electrons. The molecule has 0 heterocycles. The molecule has 14 heteroatoms. The number of nitrogens with one attached hydrogen (secondary N) is 3. The lowest BCUT2D eigenvalue weighted by molar-refractivity contribution is -0.143. The second-order valence-electron chi connectivity index (χ2n) is 9.20. The van der Waals surface area contributed by atoms with Crippen LogP contribution in [-0.2, 0) is 36.8 Å². The molecule has 0 bridgehead atoms. The van der Waals surface area contributed by atoms with Gasteiger partial charge >= 0.3 is 5.97 Å². The summed E-state index contributed by atoms with van der Waals surface area (Å²) >= 11 is 0. The molecule has 14 nitrogen and oxygen atoms in total. The van der Waals surface area contributed by atoms with Gasteiger partial charge in [0.1, 0.15) is 35.7 Å². The summed E-state index contributed by atoms with van der Waals surface area (Å²) in [6, 6.07) is 5.71. The van der Waals surface area contributed by atoms with Crippen molar-refractivity contribution in [3.05, 3.63) is 59.7 Å². The standard InChI is InChI=1S/C26H33N5O9/c1-13(32)22(28)25(38)30-19(11-15-4-8-17(34)9-5-15)23(36)29-18(10-14-2-6-16(33)7-3-14)24(37)31-20(26(39)40)12-21(27)35/h2-9,13,18-20,22,32-34H,10-12,28H2,1H3,(H2,27,35)(H,29,36)(H,30,38)(H,31,37)(H,39,40). The van der Waals surface area contributed by atoms with Gasteiger partial charge in [-0.1, -0.05) is 24.3 Å². The van der Waals surface area contributed by atoms with E-state index < -0.39 is 66.3 Å². The molecule has 2 rings (SSSR count). The number of hydrogen-bond acceptors (Lipinski definition) is 9. The first kappa shape index (κ1) is 31.5. The van der Waals surface area contributed by atoms with Gasteiger partial charge in [-0.25, -0.2) is 4.79 Å². The summed E-state index contributed by atoms with van der Waals surface area (Å²) in [6.07, 6.45) is -2.19. The van der Waals surface area contributed by atoms with Gasteiger partial charge in [0.05, 0.1) is 12.5 Å². The van der Waals surface area contributed by atoms with E-state index in [0.717, 1.165) is 0 Å². The Kier molecular flexibility index (Phi) is 11.4. The first-order valence-corrected chi connectivity index (χ1v) is 12.2. The van der Waals surface area contributed by atoms with Crippen molar-refractivity contribution in [1.82, 2.24) is 16.0 Å². The lowest BCUT2D eigenvalue weighted by atomic mass is 10.0. The minimum atomic E-state index is -1.67. The summed E-state index contributed by atoms with van der Waals surface area (Å²) in [6.45, 7) is 1.29. The Morgan fingerprint density at radius 2 is 1.10 bits per heavy atom. The Morgan fingerprint density at radius 1 is 0.725 bits per heavy atom. The van der Waals surface area contributed by atoms with Gasteiger partial charge in [-0.3, -0.25) is 19.2 Å². The highest BCUT2D eigenvalue weighted by Gasteiger charge is 2.32. The predicted molar refractivity (Wildman–Crippen MR) is 141 cm³/mol. The molecule has 0 saturated carbocycles. The second kappa shape index (κ2) is 14.5. The number of nitrogens with two attached hydrogens (primary N) is 2. The van der Waals surface area contributed by atoms with Crippen LogP contribution in [0.5, 0.6) is 11.5 Å². The number of aromatic hydroxyl groups is 2. The van der Waals surface area contributed by atoms with Crippen molar-refractivity contribution in [3.8, 4) is 11.5 Å². The molecule has 0 aliphatic carbocycles. The highest BCUT2D eigenvalue weighted by atomic mass is 16.4. The molecule has 2 aromatic rings. The van der Waals surface area contributed by atoms with E-state index >= 15 is 0 Å². The fourth-order valence-corrected chi connectivity index (χ4v) is 3.59. The van der Waals surface area contributed by atoms with E-state index in [2.05, 4.69) is 16.0 Å². The molecule has 4 amide bonds. The number of carbonyl (C=O) groups is 5. The van der Waals surface area contributed by atoms with Gasteiger partial charge in [0, 0.05) is 12.8 Å². The number of primary amides is 1. The molecule has 0 saturated heterocycles. The van der Waals surface area contributed by atoms with Crippen LogP contribution in [-0.4, -0.2) is 80.3 Å². The Balaban J connectivity index is 2.35. The molecule has 5 atom stereocenters. The number of aliphatic hydroxyl groups excluding tert-OH is 1. The summed E-state index contributed by atoms with van der Waals surface area (Å²) in [5.41, 5.74) is 11.8. The molecular weight excluding hydrogens is 526 g/mol. The third kappa shape index (κ3) is 9.89. The lowest BCUT2D eigenvalue weighted by Gasteiger charge is -2.26. The van der Waals surface area contributed by atoms with Gasteiger partial charge in [-0.05, 0) is 42.3 Å². The largest absolute Gasteiger partial charge is 0.508 e. The van der Waals surface area contributed by atoms with Crippen molar-refractivity contribution < 1.29 is 44.4 Å². The van der Waals surface area contributed by atoms with Gasteiger partial charge < -0.3 is 47.8 Å². The van der Waals surface area contributed by atoms with E-state index in [1.165, 1.54) is 55.5 Å². The summed E-state index contributed by atoms with van der Waals surface area (Å²) in [7, 11) is 0. The third-order valence-electron chi connectivity index (χ3n) is 5.86. The number of phenolic OH excluding ortho intramolecular Hbond substituents is 2. The number of benzene rings is 2. The first-order chi connectivity index (χ1) is 18.8. The number of carboxylic acids is 1. The molecule has 216 valence electrons. The minimum absolute atomic E-state index is 0.0282. The summed E-state index contributed by atoms with van der Waals surface area (Å²) < 4.78 is 0. The average Bonchev–Trinajstić information content (AvgIpc) is 2.88. The minimum Gasteiger partial charge on any atom is -0.508 e. The van der Waals surface area contributed by atoms with Crippen LogP contribution in [0.1, 0.15) is 24.5 Å². The average molecular weight is 560 g/mol. The van der Waals surface area contributed by atoms with Crippen molar-refractivity contribution >= 4 is 29.6 Å². The fourth-order valence-electron chi connectivity index (χ4n) is 3.59. The van der Waals surface area contributed by atoms with E-state index in [9.17, 15) is 44.4 Å². The number of carbonyl (C=O) groups excluding carboxylic acids is 4. The molecule has 5 unspecified atom stereocenters. The summed E-state index contributed by atoms with van der Waals surface area (Å²) in [5.74, 6) is -5.22. The number of phenols is 2. The fraction of sp³-hybridized carbons (Fsp3) is 0.346. The second-order valence-corrected chi connectivity index (χ2v) is 9.20. The van der Waals surface area contributed by atoms with Gasteiger partial charge in [-0.15, -0.1) is 0 Å². The molecule has 11 N–H and O–H groups in total. The predicted octanol–water partition coefficient (Wildman–Crippen LogP) is -1.99. The van der Waals surface area contributed by atoms with Crippen molar-refractivity contribution in [2.75, 3.05) is 0 Å². The van der Waals surface area contributed by atoms with Crippen molar-refractivity contribution in [2.45, 2.75) is 56.5 Å². The summed E-state index contributed by atoms with van der Waals surface area (Å²) in [4.78, 5) is 62.0. The van der Waals surface area contributed by atoms with Gasteiger partial charge in [0.2, 0.25) is 23.6 Å². The van der Waals surface area contributed by atoms with E-state index in [-0.39, 0.29) is 24.3 Å². The van der Waals surface area contributed by atoms with E-state index in [1.54, 1.807) is 0 Å². The first-order valence-electron chi connectivity index (χ1n) is 12.2. The van der Waals surface area contributed by atoms with Crippen LogP contribution in [0, 0.1) is 0 Å². The Bertz CT molecular complexity index is 1200. The number of hydrogen-bond donors (Lipinski definition) is 9. The monoisotopic (exact) mass is 559 g/mol. The molecule has 40 heavy (non-hydrogen) atoms. The normalized spacial score (nSPS) is 14.6. The zero-order valence-electron chi connectivity index (χ0n) is 21.6. The van der Waals surface area contributed by atoms with E-state index in [1.807, 2.05) is 0 Å². The van der Waals surface area contributed by atoms with Gasteiger partial charge in [0.25, 0.3) is 0 Å². The molecule has 0 fully saturated rings. The highest BCUT2D eigenvalue weighted by molar-refractivity contribution is 5.95. The Labute approximate surface area is 229 Å². The Morgan fingerprint density at radius 3 is 1.45 bits per heavy atom. The van der Waals surface area contributed by atoms with Crippen LogP contribution in [0.15, 0.2) is 48.5 Å². The van der Waals surface area contributed by atoms with Crippen LogP contribution in [0.25, 0.3) is 0 Å². The number of carboxylic acid groups (broad SMARTS) is 1. The SMILES string of the molecule is CC(O)C(N)C(=O)NC(Cc1ccc(O)cc1)C(=O)NC(Cc1ccc(O)cc1)C(=O)NC(CC(N)=O)C(=O)O. The maximum absolute atomic E-state index is 13.4. The van der Waals surface area contributed by atoms with E-state index in [0.29, 0.717) is 11.1 Å². The molecule has 0 aromatic heterocycles. The molecule has 0 spiro atoms. The van der Waals surface area contributed by atoms with Crippen molar-refractivity contribution in [1.29, 1.82) is 0 Å². The zero-order valence-corrected chi connectivity index (χ0v) is 21.6. The maximum Gasteiger partial charge on any atom is 0.326 e. The number of aliphatic carboxylic acids is 1. The van der Waals surface area contributed by atoms with Crippen LogP contribution in [0.4, 0.5) is 0 Å². The molecule has 2 aromatic carbocycles. The highest BCUT2D eigenvalue weighted by Crippen LogP contribution is 2.14.